The van der Waals surface area contributed by atoms with Gasteiger partial charge in [0.05, 0.1) is 11.0 Å². The maximum absolute atomic E-state index is 12.7. The van der Waals surface area contributed by atoms with Crippen molar-refractivity contribution in [2.75, 3.05) is 20.1 Å². The molecule has 21 heavy (non-hydrogen) atoms. The van der Waals surface area contributed by atoms with Crippen LogP contribution in [0.25, 0.3) is 11.0 Å². The molecule has 0 unspecified atom stereocenters. The number of aliphatic carboxylic acids is 1. The third kappa shape index (κ3) is 2.47. The highest BCUT2D eigenvalue weighted by atomic mass is 16.4. The number of nitrogens with zero attached hydrogens (tertiary/aromatic N) is 3. The first-order valence-electron chi connectivity index (χ1n) is 7.18. The first-order chi connectivity index (χ1) is 10.1. The van der Waals surface area contributed by atoms with E-state index in [4.69, 9.17) is 5.11 Å². The zero-order valence-corrected chi connectivity index (χ0v) is 12.0. The minimum atomic E-state index is -0.997. The molecule has 2 heterocycles. The quantitative estimate of drug-likeness (QED) is 0.920. The molecule has 1 saturated heterocycles. The molecule has 1 N–H and O–H groups in total. The Morgan fingerprint density at radius 3 is 2.48 bits per heavy atom. The van der Waals surface area contributed by atoms with Gasteiger partial charge in [-0.05, 0) is 45.1 Å². The summed E-state index contributed by atoms with van der Waals surface area (Å²) in [4.78, 5) is 25.9. The average Bonchev–Trinajstić information content (AvgIpc) is 2.73. The standard InChI is InChI=1S/C15H19N3O3/c1-16-8-6-11(7-9-16)18-13-5-3-2-4-12(13)17(15(18)21)10-14(19)20/h2-5,11H,6-10H2,1H3,(H,19,20). The second-order valence-electron chi connectivity index (χ2n) is 5.66. The van der Waals surface area contributed by atoms with Gasteiger partial charge in [-0.15, -0.1) is 0 Å². The van der Waals surface area contributed by atoms with E-state index in [0.717, 1.165) is 31.4 Å². The lowest BCUT2D eigenvalue weighted by Crippen LogP contribution is -2.36. The van der Waals surface area contributed by atoms with E-state index in [1.54, 1.807) is 4.57 Å². The fourth-order valence-electron chi connectivity index (χ4n) is 3.13. The summed E-state index contributed by atoms with van der Waals surface area (Å²) >= 11 is 0. The van der Waals surface area contributed by atoms with E-state index in [1.165, 1.54) is 4.57 Å². The number of para-hydroxylation sites is 2. The predicted octanol–water partition coefficient (Wildman–Crippen LogP) is 1.15. The third-order valence-corrected chi connectivity index (χ3v) is 4.22. The summed E-state index contributed by atoms with van der Waals surface area (Å²) in [6, 6.07) is 7.57. The fraction of sp³-hybridized carbons (Fsp3) is 0.467. The van der Waals surface area contributed by atoms with E-state index >= 15 is 0 Å². The summed E-state index contributed by atoms with van der Waals surface area (Å²) in [6.45, 7) is 1.62. The Bertz CT molecular complexity index is 723. The van der Waals surface area contributed by atoms with Gasteiger partial charge in [0.25, 0.3) is 0 Å². The SMILES string of the molecule is CN1CCC(n2c(=O)n(CC(=O)O)c3ccccc32)CC1. The van der Waals surface area contributed by atoms with Crippen LogP contribution in [0.1, 0.15) is 18.9 Å². The zero-order valence-electron chi connectivity index (χ0n) is 12.0. The molecule has 2 aromatic rings. The lowest BCUT2D eigenvalue weighted by atomic mass is 10.1. The van der Waals surface area contributed by atoms with Gasteiger partial charge in [-0.1, -0.05) is 12.1 Å². The number of aromatic nitrogens is 2. The molecule has 1 fully saturated rings. The Morgan fingerprint density at radius 1 is 1.24 bits per heavy atom. The van der Waals surface area contributed by atoms with E-state index in [1.807, 2.05) is 24.3 Å². The number of imidazole rings is 1. The van der Waals surface area contributed by atoms with Crippen molar-refractivity contribution in [2.45, 2.75) is 25.4 Å². The van der Waals surface area contributed by atoms with Crippen molar-refractivity contribution in [2.24, 2.45) is 0 Å². The summed E-state index contributed by atoms with van der Waals surface area (Å²) < 4.78 is 3.14. The smallest absolute Gasteiger partial charge is 0.329 e. The summed E-state index contributed by atoms with van der Waals surface area (Å²) in [5.74, 6) is -0.997. The molecule has 0 amide bonds. The molecule has 1 aliphatic rings. The molecule has 0 saturated carbocycles. The van der Waals surface area contributed by atoms with Gasteiger partial charge in [0.15, 0.2) is 0 Å². The number of rotatable bonds is 3. The summed E-state index contributed by atoms with van der Waals surface area (Å²) in [6.07, 6.45) is 1.83. The van der Waals surface area contributed by atoms with Crippen molar-refractivity contribution < 1.29 is 9.90 Å². The number of carboxylic acids is 1. The van der Waals surface area contributed by atoms with E-state index in [2.05, 4.69) is 11.9 Å². The van der Waals surface area contributed by atoms with Crippen LogP contribution in [-0.2, 0) is 11.3 Å². The molecule has 0 atom stereocenters. The second-order valence-corrected chi connectivity index (χ2v) is 5.66. The zero-order chi connectivity index (χ0) is 15.0. The monoisotopic (exact) mass is 289 g/mol. The summed E-state index contributed by atoms with van der Waals surface area (Å²) in [7, 11) is 2.08. The van der Waals surface area contributed by atoms with Gasteiger partial charge in [-0.2, -0.15) is 0 Å². The Labute approximate surface area is 122 Å². The topological polar surface area (TPSA) is 67.5 Å². The van der Waals surface area contributed by atoms with Crippen molar-refractivity contribution in [3.63, 3.8) is 0 Å². The third-order valence-electron chi connectivity index (χ3n) is 4.22. The minimum Gasteiger partial charge on any atom is -0.480 e. The number of likely N-dealkylation sites (tertiary alicyclic amines) is 1. The van der Waals surface area contributed by atoms with Crippen molar-refractivity contribution in [3.05, 3.63) is 34.7 Å². The molecule has 1 aromatic carbocycles. The van der Waals surface area contributed by atoms with Crippen LogP contribution in [0.3, 0.4) is 0 Å². The number of hydrogen-bond donors (Lipinski definition) is 1. The van der Waals surface area contributed by atoms with Crippen LogP contribution < -0.4 is 5.69 Å². The molecule has 0 bridgehead atoms. The van der Waals surface area contributed by atoms with E-state index in [9.17, 15) is 9.59 Å². The average molecular weight is 289 g/mol. The molecule has 1 aliphatic heterocycles. The lowest BCUT2D eigenvalue weighted by Gasteiger charge is -2.29. The Hall–Kier alpha value is -2.08. The van der Waals surface area contributed by atoms with Crippen molar-refractivity contribution in [1.82, 2.24) is 14.0 Å². The Kier molecular flexibility index (Phi) is 3.55. The van der Waals surface area contributed by atoms with Gasteiger partial charge in [0.2, 0.25) is 0 Å². The fourth-order valence-corrected chi connectivity index (χ4v) is 3.13. The van der Waals surface area contributed by atoms with Crippen LogP contribution in [-0.4, -0.2) is 45.2 Å². The highest BCUT2D eigenvalue weighted by molar-refractivity contribution is 5.78. The van der Waals surface area contributed by atoms with Crippen LogP contribution in [0, 0.1) is 0 Å². The number of carbonyl (C=O) groups is 1. The molecule has 3 rings (SSSR count). The first-order valence-corrected chi connectivity index (χ1v) is 7.18. The van der Waals surface area contributed by atoms with E-state index in [0.29, 0.717) is 5.52 Å². The van der Waals surface area contributed by atoms with Gasteiger partial charge in [0.1, 0.15) is 6.54 Å². The molecule has 0 spiro atoms. The normalized spacial score (nSPS) is 17.4. The number of benzene rings is 1. The molecule has 0 radical (unpaired) electrons. The molecule has 112 valence electrons. The molecular formula is C15H19N3O3. The van der Waals surface area contributed by atoms with Crippen molar-refractivity contribution >= 4 is 17.0 Å². The Morgan fingerprint density at radius 2 is 1.86 bits per heavy atom. The van der Waals surface area contributed by atoms with Crippen molar-refractivity contribution in [3.8, 4) is 0 Å². The van der Waals surface area contributed by atoms with E-state index in [-0.39, 0.29) is 18.3 Å². The molecular weight excluding hydrogens is 270 g/mol. The summed E-state index contributed by atoms with van der Waals surface area (Å²) in [5.41, 5.74) is 1.32. The molecule has 1 aromatic heterocycles. The molecule has 6 heteroatoms. The van der Waals surface area contributed by atoms with Crippen LogP contribution in [0.4, 0.5) is 0 Å². The van der Waals surface area contributed by atoms with E-state index < -0.39 is 5.97 Å². The predicted molar refractivity (Wildman–Crippen MR) is 79.6 cm³/mol. The number of hydrogen-bond acceptors (Lipinski definition) is 3. The highest BCUT2D eigenvalue weighted by Crippen LogP contribution is 2.25. The Balaban J connectivity index is 2.12. The molecule has 0 aliphatic carbocycles. The lowest BCUT2D eigenvalue weighted by molar-refractivity contribution is -0.137. The van der Waals surface area contributed by atoms with Crippen LogP contribution in [0.5, 0.6) is 0 Å². The minimum absolute atomic E-state index is 0.147. The van der Waals surface area contributed by atoms with Crippen molar-refractivity contribution in [1.29, 1.82) is 0 Å². The maximum atomic E-state index is 12.7. The number of carboxylic acid groups (broad SMARTS) is 1. The largest absolute Gasteiger partial charge is 0.480 e. The van der Waals surface area contributed by atoms with Crippen LogP contribution in [0.15, 0.2) is 29.1 Å². The molecule has 6 nitrogen and oxygen atoms in total. The summed E-state index contributed by atoms with van der Waals surface area (Å²) in [5, 5.41) is 9.03. The highest BCUT2D eigenvalue weighted by Gasteiger charge is 2.24. The second kappa shape index (κ2) is 5.37. The van der Waals surface area contributed by atoms with Gasteiger partial charge >= 0.3 is 11.7 Å². The van der Waals surface area contributed by atoms with Gasteiger partial charge in [-0.25, -0.2) is 4.79 Å². The van der Waals surface area contributed by atoms with Crippen LogP contribution in [0.2, 0.25) is 0 Å². The van der Waals surface area contributed by atoms with Crippen LogP contribution >= 0.6 is 0 Å². The van der Waals surface area contributed by atoms with Gasteiger partial charge < -0.3 is 10.0 Å². The number of piperidine rings is 1. The first kappa shape index (κ1) is 13.9. The van der Waals surface area contributed by atoms with Gasteiger partial charge in [-0.3, -0.25) is 13.9 Å². The van der Waals surface area contributed by atoms with Gasteiger partial charge in [0, 0.05) is 6.04 Å². The maximum Gasteiger partial charge on any atom is 0.329 e. The number of fused-ring (bicyclic) bond motifs is 1.